The Bertz CT molecular complexity index is 295. The predicted octanol–water partition coefficient (Wildman–Crippen LogP) is 0.520. The van der Waals surface area contributed by atoms with E-state index in [0.717, 1.165) is 58.0 Å². The van der Waals surface area contributed by atoms with Gasteiger partial charge in [0.1, 0.15) is 0 Å². The van der Waals surface area contributed by atoms with Gasteiger partial charge in [-0.2, -0.15) is 0 Å². The molecule has 5 heteroatoms. The zero-order valence-electron chi connectivity index (χ0n) is 13.6. The number of nitrogens with one attached hydrogen (secondary N) is 2. The number of piperidine rings is 1. The van der Waals surface area contributed by atoms with E-state index in [1.54, 1.807) is 0 Å². The number of carbonyl (C=O) groups is 1. The molecule has 122 valence electrons. The van der Waals surface area contributed by atoms with Crippen LogP contribution in [0.5, 0.6) is 0 Å². The Hall–Kier alpha value is -0.650. The fraction of sp³-hybridized carbons (Fsp3) is 0.938. The van der Waals surface area contributed by atoms with E-state index < -0.39 is 0 Å². The SMILES string of the molecule is CC1CCN(CCCNC(=O)CN2CCCNCC2)CC1. The van der Waals surface area contributed by atoms with Gasteiger partial charge in [0.15, 0.2) is 0 Å². The fourth-order valence-electron chi connectivity index (χ4n) is 3.13. The first-order chi connectivity index (χ1) is 10.2. The van der Waals surface area contributed by atoms with Gasteiger partial charge in [-0.3, -0.25) is 9.69 Å². The van der Waals surface area contributed by atoms with E-state index in [4.69, 9.17) is 0 Å². The van der Waals surface area contributed by atoms with Crippen molar-refractivity contribution in [2.24, 2.45) is 5.92 Å². The first kappa shape index (κ1) is 16.7. The summed E-state index contributed by atoms with van der Waals surface area (Å²) < 4.78 is 0. The third-order valence-electron chi connectivity index (χ3n) is 4.65. The molecule has 0 bridgehead atoms. The van der Waals surface area contributed by atoms with E-state index in [9.17, 15) is 4.79 Å². The first-order valence-electron chi connectivity index (χ1n) is 8.66. The molecule has 2 aliphatic heterocycles. The summed E-state index contributed by atoms with van der Waals surface area (Å²) in [6.07, 6.45) is 4.87. The fourth-order valence-corrected chi connectivity index (χ4v) is 3.13. The van der Waals surface area contributed by atoms with Crippen LogP contribution in [0.4, 0.5) is 0 Å². The molecule has 0 radical (unpaired) electrons. The standard InChI is InChI=1S/C16H32N4O/c1-15-4-11-19(12-5-15)9-3-7-18-16(21)14-20-10-2-6-17-8-13-20/h15,17H,2-14H2,1H3,(H,18,21). The summed E-state index contributed by atoms with van der Waals surface area (Å²) in [7, 11) is 0. The molecule has 0 aromatic carbocycles. The molecule has 2 heterocycles. The summed E-state index contributed by atoms with van der Waals surface area (Å²) in [5.74, 6) is 1.08. The number of likely N-dealkylation sites (tertiary alicyclic amines) is 1. The van der Waals surface area contributed by atoms with E-state index in [1.165, 1.54) is 25.9 Å². The van der Waals surface area contributed by atoms with Crippen LogP contribution in [-0.2, 0) is 4.79 Å². The third-order valence-corrected chi connectivity index (χ3v) is 4.65. The highest BCUT2D eigenvalue weighted by Gasteiger charge is 2.15. The summed E-state index contributed by atoms with van der Waals surface area (Å²) >= 11 is 0. The molecule has 0 saturated carbocycles. The first-order valence-corrected chi connectivity index (χ1v) is 8.66. The van der Waals surface area contributed by atoms with Crippen LogP contribution in [0, 0.1) is 5.92 Å². The Labute approximate surface area is 129 Å². The second-order valence-corrected chi connectivity index (χ2v) is 6.61. The van der Waals surface area contributed by atoms with Crippen LogP contribution >= 0.6 is 0 Å². The van der Waals surface area contributed by atoms with Crippen molar-refractivity contribution in [1.82, 2.24) is 20.4 Å². The lowest BCUT2D eigenvalue weighted by molar-refractivity contribution is -0.122. The minimum Gasteiger partial charge on any atom is -0.355 e. The quantitative estimate of drug-likeness (QED) is 0.702. The Kier molecular flexibility index (Phi) is 7.47. The van der Waals surface area contributed by atoms with Gasteiger partial charge in [-0.1, -0.05) is 6.92 Å². The van der Waals surface area contributed by atoms with Gasteiger partial charge in [0.25, 0.3) is 0 Å². The molecule has 0 spiro atoms. The number of nitrogens with zero attached hydrogens (tertiary/aromatic N) is 2. The number of rotatable bonds is 6. The van der Waals surface area contributed by atoms with Gasteiger partial charge in [-0.05, 0) is 64.3 Å². The Balaban J connectivity index is 1.50. The maximum absolute atomic E-state index is 11.9. The topological polar surface area (TPSA) is 47.6 Å². The molecule has 0 aromatic rings. The Morgan fingerprint density at radius 1 is 1.14 bits per heavy atom. The molecule has 5 nitrogen and oxygen atoms in total. The minimum absolute atomic E-state index is 0.184. The van der Waals surface area contributed by atoms with Crippen molar-refractivity contribution in [1.29, 1.82) is 0 Å². The summed E-state index contributed by atoms with van der Waals surface area (Å²) in [6, 6.07) is 0. The maximum Gasteiger partial charge on any atom is 0.234 e. The zero-order chi connectivity index (χ0) is 14.9. The molecule has 21 heavy (non-hydrogen) atoms. The van der Waals surface area contributed by atoms with Gasteiger partial charge < -0.3 is 15.5 Å². The number of carbonyl (C=O) groups excluding carboxylic acids is 1. The van der Waals surface area contributed by atoms with E-state index in [2.05, 4.69) is 27.4 Å². The van der Waals surface area contributed by atoms with Crippen LogP contribution in [-0.4, -0.2) is 74.6 Å². The van der Waals surface area contributed by atoms with E-state index >= 15 is 0 Å². The molecule has 2 rings (SSSR count). The lowest BCUT2D eigenvalue weighted by Crippen LogP contribution is -2.40. The second kappa shape index (κ2) is 9.38. The van der Waals surface area contributed by atoms with Gasteiger partial charge >= 0.3 is 0 Å². The van der Waals surface area contributed by atoms with Crippen LogP contribution in [0.2, 0.25) is 0 Å². The maximum atomic E-state index is 11.9. The van der Waals surface area contributed by atoms with Crippen LogP contribution in [0.25, 0.3) is 0 Å². The smallest absolute Gasteiger partial charge is 0.234 e. The van der Waals surface area contributed by atoms with Crippen molar-refractivity contribution in [3.63, 3.8) is 0 Å². The molecule has 0 aliphatic carbocycles. The molecule has 0 unspecified atom stereocenters. The molecule has 2 saturated heterocycles. The molecule has 1 amide bonds. The van der Waals surface area contributed by atoms with Gasteiger partial charge in [0.05, 0.1) is 6.54 Å². The summed E-state index contributed by atoms with van der Waals surface area (Å²) in [4.78, 5) is 16.7. The lowest BCUT2D eigenvalue weighted by Gasteiger charge is -2.30. The third kappa shape index (κ3) is 6.76. The summed E-state index contributed by atoms with van der Waals surface area (Å²) in [5.41, 5.74) is 0. The minimum atomic E-state index is 0.184. The summed E-state index contributed by atoms with van der Waals surface area (Å²) in [6.45, 7) is 11.4. The molecule has 2 aliphatic rings. The van der Waals surface area contributed by atoms with Gasteiger partial charge in [0, 0.05) is 19.6 Å². The van der Waals surface area contributed by atoms with E-state index in [0.29, 0.717) is 6.54 Å². The monoisotopic (exact) mass is 296 g/mol. The Morgan fingerprint density at radius 3 is 2.76 bits per heavy atom. The molecule has 0 atom stereocenters. The predicted molar refractivity (Wildman–Crippen MR) is 86.4 cm³/mol. The van der Waals surface area contributed by atoms with E-state index in [1.807, 2.05) is 0 Å². The highest BCUT2D eigenvalue weighted by atomic mass is 16.2. The highest BCUT2D eigenvalue weighted by molar-refractivity contribution is 5.77. The van der Waals surface area contributed by atoms with Crippen LogP contribution in [0.15, 0.2) is 0 Å². The second-order valence-electron chi connectivity index (χ2n) is 6.61. The van der Waals surface area contributed by atoms with Crippen LogP contribution in [0.1, 0.15) is 32.6 Å². The zero-order valence-corrected chi connectivity index (χ0v) is 13.6. The molecular formula is C16H32N4O. The Morgan fingerprint density at radius 2 is 1.95 bits per heavy atom. The van der Waals surface area contributed by atoms with Crippen LogP contribution < -0.4 is 10.6 Å². The van der Waals surface area contributed by atoms with E-state index in [-0.39, 0.29) is 5.91 Å². The molecular weight excluding hydrogens is 264 g/mol. The average molecular weight is 296 g/mol. The molecule has 2 N–H and O–H groups in total. The van der Waals surface area contributed by atoms with Crippen LogP contribution in [0.3, 0.4) is 0 Å². The van der Waals surface area contributed by atoms with Crippen molar-refractivity contribution in [3.05, 3.63) is 0 Å². The summed E-state index contributed by atoms with van der Waals surface area (Å²) in [5, 5.41) is 6.43. The van der Waals surface area contributed by atoms with Crippen molar-refractivity contribution >= 4 is 5.91 Å². The van der Waals surface area contributed by atoms with Crippen molar-refractivity contribution in [2.75, 3.05) is 58.9 Å². The molecule has 2 fully saturated rings. The van der Waals surface area contributed by atoms with Crippen molar-refractivity contribution < 1.29 is 4.79 Å². The van der Waals surface area contributed by atoms with Gasteiger partial charge in [0.2, 0.25) is 5.91 Å². The number of hydrogen-bond acceptors (Lipinski definition) is 4. The number of hydrogen-bond donors (Lipinski definition) is 2. The van der Waals surface area contributed by atoms with Gasteiger partial charge in [-0.25, -0.2) is 0 Å². The van der Waals surface area contributed by atoms with Gasteiger partial charge in [-0.15, -0.1) is 0 Å². The van der Waals surface area contributed by atoms with Crippen molar-refractivity contribution in [2.45, 2.75) is 32.6 Å². The normalized spacial score (nSPS) is 22.9. The largest absolute Gasteiger partial charge is 0.355 e. The number of amides is 1. The molecule has 0 aromatic heterocycles. The highest BCUT2D eigenvalue weighted by Crippen LogP contribution is 2.15. The average Bonchev–Trinajstić information content (AvgIpc) is 2.74. The van der Waals surface area contributed by atoms with Crippen molar-refractivity contribution in [3.8, 4) is 0 Å². The lowest BCUT2D eigenvalue weighted by atomic mass is 9.99.